The van der Waals surface area contributed by atoms with Crippen LogP contribution < -0.4 is 11.1 Å². The van der Waals surface area contributed by atoms with Crippen molar-refractivity contribution in [2.75, 3.05) is 18.5 Å². The molecule has 4 rings (SSSR count). The molecule has 1 aliphatic rings. The number of rotatable bonds is 5. The first-order chi connectivity index (χ1) is 15.3. The Morgan fingerprint density at radius 1 is 1.28 bits per heavy atom. The first kappa shape index (κ1) is 21.7. The number of benzene rings is 1. The second-order valence-corrected chi connectivity index (χ2v) is 9.18. The smallest absolute Gasteiger partial charge is 0.410 e. The molecule has 1 aromatic carbocycles. The van der Waals surface area contributed by atoms with Gasteiger partial charge < -0.3 is 20.7 Å². The van der Waals surface area contributed by atoms with Crippen LogP contribution in [0.1, 0.15) is 37.4 Å². The summed E-state index contributed by atoms with van der Waals surface area (Å²) < 4.78 is 5.77. The number of thiophene rings is 2. The van der Waals surface area contributed by atoms with E-state index in [2.05, 4.69) is 5.32 Å². The number of hydrogen-bond acceptors (Lipinski definition) is 8. The highest BCUT2D eigenvalue weighted by molar-refractivity contribution is 7.21. The number of non-ortho nitro benzene ring substituents is 1. The zero-order valence-electron chi connectivity index (χ0n) is 16.9. The molecule has 2 aromatic heterocycles. The Kier molecular flexibility index (Phi) is 5.80. The summed E-state index contributed by atoms with van der Waals surface area (Å²) in [5, 5.41) is 14.6. The van der Waals surface area contributed by atoms with E-state index in [0.717, 1.165) is 15.1 Å². The van der Waals surface area contributed by atoms with Gasteiger partial charge in [0.25, 0.3) is 17.5 Å². The van der Waals surface area contributed by atoms with E-state index in [1.165, 1.54) is 39.7 Å². The number of nitro groups is 1. The van der Waals surface area contributed by atoms with Gasteiger partial charge in [0.1, 0.15) is 5.00 Å². The minimum Gasteiger partial charge on any atom is -0.450 e. The summed E-state index contributed by atoms with van der Waals surface area (Å²) in [5.74, 6) is -1.11. The van der Waals surface area contributed by atoms with Crippen LogP contribution in [0.2, 0.25) is 0 Å². The average Bonchev–Trinajstić information content (AvgIpc) is 3.33. The van der Waals surface area contributed by atoms with Crippen molar-refractivity contribution in [3.8, 4) is 0 Å². The number of ether oxygens (including phenoxy) is 1. The molecule has 12 heteroatoms. The van der Waals surface area contributed by atoms with E-state index in [4.69, 9.17) is 10.5 Å². The fourth-order valence-corrected chi connectivity index (χ4v) is 5.75. The number of nitro benzene ring substituents is 1. The van der Waals surface area contributed by atoms with Crippen LogP contribution in [-0.4, -0.2) is 40.9 Å². The summed E-state index contributed by atoms with van der Waals surface area (Å²) in [6, 6.07) is 5.96. The predicted molar refractivity (Wildman–Crippen MR) is 120 cm³/mol. The number of nitrogens with zero attached hydrogens (tertiary/aromatic N) is 2. The summed E-state index contributed by atoms with van der Waals surface area (Å²) in [5.41, 5.74) is 6.51. The summed E-state index contributed by atoms with van der Waals surface area (Å²) in [7, 11) is 0. The monoisotopic (exact) mass is 474 g/mol. The Hall–Kier alpha value is -3.51. The summed E-state index contributed by atoms with van der Waals surface area (Å²) in [4.78, 5) is 50.2. The third-order valence-corrected chi connectivity index (χ3v) is 7.24. The van der Waals surface area contributed by atoms with Crippen LogP contribution in [0.15, 0.2) is 24.3 Å². The predicted octanol–water partition coefficient (Wildman–Crippen LogP) is 3.74. The number of fused-ring (bicyclic) bond motifs is 2. The molecule has 0 fully saturated rings. The van der Waals surface area contributed by atoms with Crippen LogP contribution in [0.4, 0.5) is 15.5 Å². The molecule has 10 nitrogen and oxygen atoms in total. The van der Waals surface area contributed by atoms with Gasteiger partial charge in [0.05, 0.1) is 28.5 Å². The van der Waals surface area contributed by atoms with Gasteiger partial charge in [-0.15, -0.1) is 22.7 Å². The van der Waals surface area contributed by atoms with Crippen LogP contribution >= 0.6 is 22.7 Å². The lowest BCUT2D eigenvalue weighted by Crippen LogP contribution is -2.36. The molecule has 1 aliphatic heterocycles. The van der Waals surface area contributed by atoms with E-state index in [9.17, 15) is 24.5 Å². The number of nitrogens with one attached hydrogen (secondary N) is 1. The van der Waals surface area contributed by atoms with Gasteiger partial charge >= 0.3 is 6.09 Å². The number of carbonyl (C=O) groups excluding carboxylic acids is 3. The Morgan fingerprint density at radius 2 is 2.06 bits per heavy atom. The second kappa shape index (κ2) is 8.55. The SMILES string of the molecule is CCOC(=O)N1CCc2c(sc(NC(=O)c3cc4cc([N+](=O)[O-])ccc4s3)c2C(N)=O)C1. The maximum atomic E-state index is 12.9. The van der Waals surface area contributed by atoms with E-state index in [-0.39, 0.29) is 24.4 Å². The molecule has 3 N–H and O–H groups in total. The number of nitrogens with two attached hydrogens (primary N) is 1. The molecular formula is C20H18N4O6S2. The van der Waals surface area contributed by atoms with Gasteiger partial charge in [-0.25, -0.2) is 4.79 Å². The molecule has 0 atom stereocenters. The fraction of sp³-hybridized carbons (Fsp3) is 0.250. The average molecular weight is 475 g/mol. The minimum atomic E-state index is -0.658. The van der Waals surface area contributed by atoms with Crippen molar-refractivity contribution in [2.45, 2.75) is 19.9 Å². The van der Waals surface area contributed by atoms with E-state index in [0.29, 0.717) is 28.2 Å². The molecule has 0 unspecified atom stereocenters. The lowest BCUT2D eigenvalue weighted by atomic mass is 10.0. The van der Waals surface area contributed by atoms with Gasteiger partial charge in [-0.1, -0.05) is 0 Å². The standard InChI is InChI=1S/C20H18N4O6S2/c1-2-30-20(27)23-6-5-12-15(9-23)32-19(16(12)17(21)25)22-18(26)14-8-10-7-11(24(28)29)3-4-13(10)31-14/h3-4,7-8H,2,5-6,9H2,1H3,(H2,21,25)(H,22,26). The summed E-state index contributed by atoms with van der Waals surface area (Å²) in [6.07, 6.45) is -0.0112. The quantitative estimate of drug-likeness (QED) is 0.426. The molecule has 3 aromatic rings. The highest BCUT2D eigenvalue weighted by Gasteiger charge is 2.30. The van der Waals surface area contributed by atoms with Gasteiger partial charge in [0.15, 0.2) is 0 Å². The van der Waals surface area contributed by atoms with Gasteiger partial charge in [-0.05, 0) is 31.0 Å². The second-order valence-electron chi connectivity index (χ2n) is 6.99. The molecule has 0 bridgehead atoms. The van der Waals surface area contributed by atoms with Crippen molar-refractivity contribution in [1.29, 1.82) is 0 Å². The van der Waals surface area contributed by atoms with Crippen LogP contribution in [0.5, 0.6) is 0 Å². The molecule has 0 aliphatic carbocycles. The third kappa shape index (κ3) is 4.01. The van der Waals surface area contributed by atoms with Crippen molar-refractivity contribution >= 4 is 61.4 Å². The fourth-order valence-electron chi connectivity index (χ4n) is 3.54. The molecule has 3 amide bonds. The lowest BCUT2D eigenvalue weighted by molar-refractivity contribution is -0.384. The van der Waals surface area contributed by atoms with Crippen molar-refractivity contribution in [1.82, 2.24) is 4.90 Å². The Bertz CT molecular complexity index is 1260. The third-order valence-electron chi connectivity index (χ3n) is 4.99. The number of primary amides is 1. The van der Waals surface area contributed by atoms with Crippen molar-refractivity contribution in [3.63, 3.8) is 0 Å². The molecule has 0 spiro atoms. The summed E-state index contributed by atoms with van der Waals surface area (Å²) in [6.45, 7) is 2.63. The largest absolute Gasteiger partial charge is 0.450 e. The van der Waals surface area contributed by atoms with E-state index in [1.807, 2.05) is 0 Å². The molecule has 0 saturated heterocycles. The van der Waals surface area contributed by atoms with Crippen molar-refractivity contribution in [3.05, 3.63) is 55.3 Å². The zero-order valence-corrected chi connectivity index (χ0v) is 18.5. The van der Waals surface area contributed by atoms with E-state index >= 15 is 0 Å². The molecule has 3 heterocycles. The first-order valence-corrected chi connectivity index (χ1v) is 11.3. The number of carbonyl (C=O) groups is 3. The summed E-state index contributed by atoms with van der Waals surface area (Å²) >= 11 is 2.39. The van der Waals surface area contributed by atoms with Crippen molar-refractivity contribution < 1.29 is 24.0 Å². The molecule has 166 valence electrons. The van der Waals surface area contributed by atoms with Gasteiger partial charge in [-0.2, -0.15) is 0 Å². The van der Waals surface area contributed by atoms with E-state index in [1.54, 1.807) is 19.1 Å². The van der Waals surface area contributed by atoms with E-state index < -0.39 is 22.8 Å². The highest BCUT2D eigenvalue weighted by Crippen LogP contribution is 2.38. The zero-order chi connectivity index (χ0) is 23.0. The highest BCUT2D eigenvalue weighted by atomic mass is 32.1. The Labute approximate surface area is 189 Å². The van der Waals surface area contributed by atoms with Gasteiger partial charge in [0.2, 0.25) is 0 Å². The normalized spacial score (nSPS) is 13.0. The Morgan fingerprint density at radius 3 is 2.75 bits per heavy atom. The van der Waals surface area contributed by atoms with Crippen LogP contribution in [0.3, 0.4) is 0 Å². The lowest BCUT2D eigenvalue weighted by Gasteiger charge is -2.26. The Balaban J connectivity index is 1.61. The topological polar surface area (TPSA) is 145 Å². The molecular weight excluding hydrogens is 456 g/mol. The molecule has 0 radical (unpaired) electrons. The number of amides is 3. The number of hydrogen-bond donors (Lipinski definition) is 2. The molecule has 32 heavy (non-hydrogen) atoms. The first-order valence-electron chi connectivity index (χ1n) is 9.63. The van der Waals surface area contributed by atoms with Crippen molar-refractivity contribution in [2.24, 2.45) is 5.73 Å². The minimum absolute atomic E-state index is 0.0599. The molecule has 0 saturated carbocycles. The number of anilines is 1. The maximum absolute atomic E-state index is 12.9. The van der Waals surface area contributed by atoms with Gasteiger partial charge in [-0.3, -0.25) is 19.7 Å². The van der Waals surface area contributed by atoms with Crippen LogP contribution in [0, 0.1) is 10.1 Å². The van der Waals surface area contributed by atoms with Gasteiger partial charge in [0, 0.05) is 33.6 Å². The van der Waals surface area contributed by atoms with Crippen LogP contribution in [0.25, 0.3) is 10.1 Å². The maximum Gasteiger partial charge on any atom is 0.410 e. The van der Waals surface area contributed by atoms with Crippen LogP contribution in [-0.2, 0) is 17.7 Å².